The van der Waals surface area contributed by atoms with Crippen molar-refractivity contribution in [2.45, 2.75) is 26.7 Å². The Morgan fingerprint density at radius 2 is 2.24 bits per heavy atom. The van der Waals surface area contributed by atoms with Gasteiger partial charge in [-0.2, -0.15) is 0 Å². The average Bonchev–Trinajstić information content (AvgIpc) is 2.22. The highest BCUT2D eigenvalue weighted by Crippen LogP contribution is 2.25. The van der Waals surface area contributed by atoms with Crippen LogP contribution in [0, 0.1) is 6.92 Å². The number of aryl methyl sites for hydroxylation is 1. The summed E-state index contributed by atoms with van der Waals surface area (Å²) in [6.45, 7) is 3.56. The first kappa shape index (κ1) is 13.3. The molecule has 6 heteroatoms. The molecule has 2 N–H and O–H groups in total. The molecule has 1 heterocycles. The molecule has 94 valence electrons. The predicted octanol–water partition coefficient (Wildman–Crippen LogP) is 2.02. The minimum Gasteiger partial charge on any atom is -0.466 e. The first-order valence-electron chi connectivity index (χ1n) is 5.15. The molecule has 0 fully saturated rings. The van der Waals surface area contributed by atoms with E-state index in [2.05, 4.69) is 4.98 Å². The topological polar surface area (TPSA) is 65.2 Å². The van der Waals surface area contributed by atoms with E-state index in [9.17, 15) is 13.6 Å². The van der Waals surface area contributed by atoms with Crippen LogP contribution in [0.5, 0.6) is 0 Å². The van der Waals surface area contributed by atoms with E-state index in [0.717, 1.165) is 0 Å². The molecule has 0 radical (unpaired) electrons. The Balaban J connectivity index is 2.95. The maximum atomic E-state index is 12.5. The van der Waals surface area contributed by atoms with Crippen molar-refractivity contribution in [3.05, 3.63) is 22.9 Å². The third-order valence-electron chi connectivity index (χ3n) is 2.23. The van der Waals surface area contributed by atoms with E-state index in [1.54, 1.807) is 13.8 Å². The lowest BCUT2D eigenvalue weighted by molar-refractivity contribution is -0.142. The third kappa shape index (κ3) is 3.37. The number of carbonyl (C=O) groups excluding carboxylic acids is 1. The Morgan fingerprint density at radius 3 is 2.76 bits per heavy atom. The molecule has 0 aliphatic rings. The standard InChI is InChI=1S/C11H14F2N2O2/c1-3-17-9(16)5-8-6(2)4-7(10(12)13)11(14)15-8/h4,10H,3,5H2,1-2H3,(H2,14,15). The number of nitrogens with zero attached hydrogens (tertiary/aromatic N) is 1. The number of carbonyl (C=O) groups is 1. The maximum Gasteiger partial charge on any atom is 0.311 e. The molecule has 0 atom stereocenters. The summed E-state index contributed by atoms with van der Waals surface area (Å²) in [5, 5.41) is 0. The lowest BCUT2D eigenvalue weighted by Crippen LogP contribution is -2.12. The van der Waals surface area contributed by atoms with Gasteiger partial charge < -0.3 is 10.5 Å². The first-order chi connectivity index (χ1) is 7.95. The zero-order chi connectivity index (χ0) is 13.0. The third-order valence-corrected chi connectivity index (χ3v) is 2.23. The second-order valence-electron chi connectivity index (χ2n) is 3.51. The van der Waals surface area contributed by atoms with Gasteiger partial charge in [0.05, 0.1) is 24.3 Å². The number of hydrogen-bond acceptors (Lipinski definition) is 4. The van der Waals surface area contributed by atoms with E-state index in [4.69, 9.17) is 10.5 Å². The average molecular weight is 244 g/mol. The molecule has 0 saturated heterocycles. The van der Waals surface area contributed by atoms with Gasteiger partial charge in [-0.05, 0) is 25.5 Å². The Hall–Kier alpha value is -1.72. The predicted molar refractivity (Wildman–Crippen MR) is 58.7 cm³/mol. The summed E-state index contributed by atoms with van der Waals surface area (Å²) in [5.74, 6) is -0.697. The lowest BCUT2D eigenvalue weighted by Gasteiger charge is -2.09. The highest BCUT2D eigenvalue weighted by Gasteiger charge is 2.16. The maximum absolute atomic E-state index is 12.5. The fraction of sp³-hybridized carbons (Fsp3) is 0.455. The van der Waals surface area contributed by atoms with E-state index >= 15 is 0 Å². The van der Waals surface area contributed by atoms with Gasteiger partial charge >= 0.3 is 5.97 Å². The molecule has 0 amide bonds. The molecule has 0 aromatic carbocycles. The number of aromatic nitrogens is 1. The van der Waals surface area contributed by atoms with Crippen molar-refractivity contribution in [2.24, 2.45) is 0 Å². The van der Waals surface area contributed by atoms with Gasteiger partial charge in [0.2, 0.25) is 0 Å². The minimum absolute atomic E-state index is 0.0621. The van der Waals surface area contributed by atoms with Gasteiger partial charge in [-0.15, -0.1) is 0 Å². The van der Waals surface area contributed by atoms with Crippen molar-refractivity contribution in [2.75, 3.05) is 12.3 Å². The normalized spacial score (nSPS) is 10.6. The Labute approximate surface area is 97.8 Å². The zero-order valence-corrected chi connectivity index (χ0v) is 9.67. The number of nitrogens with two attached hydrogens (primary N) is 1. The zero-order valence-electron chi connectivity index (χ0n) is 9.67. The molecule has 0 aliphatic carbocycles. The number of hydrogen-bond donors (Lipinski definition) is 1. The van der Waals surface area contributed by atoms with Crippen molar-refractivity contribution >= 4 is 11.8 Å². The Bertz CT molecular complexity index is 422. The van der Waals surface area contributed by atoms with Crippen LogP contribution in [0.2, 0.25) is 0 Å². The number of nitrogen functional groups attached to an aromatic ring is 1. The number of rotatable bonds is 4. The summed E-state index contributed by atoms with van der Waals surface area (Å²) in [4.78, 5) is 15.1. The summed E-state index contributed by atoms with van der Waals surface area (Å²) in [7, 11) is 0. The number of pyridine rings is 1. The number of anilines is 1. The van der Waals surface area contributed by atoms with Crippen LogP contribution >= 0.6 is 0 Å². The summed E-state index contributed by atoms with van der Waals surface area (Å²) < 4.78 is 29.8. The van der Waals surface area contributed by atoms with Crippen molar-refractivity contribution in [3.8, 4) is 0 Å². The summed E-state index contributed by atoms with van der Waals surface area (Å²) in [5.41, 5.74) is 5.96. The van der Waals surface area contributed by atoms with Crippen molar-refractivity contribution in [3.63, 3.8) is 0 Å². The van der Waals surface area contributed by atoms with Crippen LogP contribution in [-0.4, -0.2) is 17.6 Å². The molecule has 4 nitrogen and oxygen atoms in total. The van der Waals surface area contributed by atoms with Crippen molar-refractivity contribution in [1.82, 2.24) is 4.98 Å². The first-order valence-corrected chi connectivity index (χ1v) is 5.15. The van der Waals surface area contributed by atoms with Crippen LogP contribution in [0.3, 0.4) is 0 Å². The Morgan fingerprint density at radius 1 is 1.59 bits per heavy atom. The van der Waals surface area contributed by atoms with E-state index in [1.165, 1.54) is 6.07 Å². The van der Waals surface area contributed by atoms with Crippen LogP contribution in [0.25, 0.3) is 0 Å². The van der Waals surface area contributed by atoms with Crippen molar-refractivity contribution < 1.29 is 18.3 Å². The molecular weight excluding hydrogens is 230 g/mol. The second kappa shape index (κ2) is 5.56. The van der Waals surface area contributed by atoms with Gasteiger partial charge in [0.15, 0.2) is 0 Å². The molecule has 0 saturated carbocycles. The van der Waals surface area contributed by atoms with Crippen LogP contribution < -0.4 is 5.73 Å². The minimum atomic E-state index is -2.67. The van der Waals surface area contributed by atoms with Crippen LogP contribution in [-0.2, 0) is 16.0 Å². The SMILES string of the molecule is CCOC(=O)Cc1nc(N)c(C(F)F)cc1C. The van der Waals surface area contributed by atoms with E-state index in [1.807, 2.05) is 0 Å². The molecule has 1 aromatic heterocycles. The molecule has 1 aromatic rings. The van der Waals surface area contributed by atoms with Crippen molar-refractivity contribution in [1.29, 1.82) is 0 Å². The van der Waals surface area contributed by atoms with Gasteiger partial charge in [-0.25, -0.2) is 13.8 Å². The highest BCUT2D eigenvalue weighted by atomic mass is 19.3. The molecular formula is C11H14F2N2O2. The molecule has 1 rings (SSSR count). The monoisotopic (exact) mass is 244 g/mol. The molecule has 0 aliphatic heterocycles. The number of halogens is 2. The quantitative estimate of drug-likeness (QED) is 0.823. The van der Waals surface area contributed by atoms with E-state index in [-0.39, 0.29) is 24.4 Å². The largest absolute Gasteiger partial charge is 0.466 e. The lowest BCUT2D eigenvalue weighted by atomic mass is 10.1. The second-order valence-corrected chi connectivity index (χ2v) is 3.51. The summed E-state index contributed by atoms with van der Waals surface area (Å²) in [6.07, 6.45) is -2.73. The number of ether oxygens (including phenoxy) is 1. The van der Waals surface area contributed by atoms with Gasteiger partial charge in [0.25, 0.3) is 6.43 Å². The fourth-order valence-corrected chi connectivity index (χ4v) is 1.39. The van der Waals surface area contributed by atoms with Crippen LogP contribution in [0.4, 0.5) is 14.6 Å². The highest BCUT2D eigenvalue weighted by molar-refractivity contribution is 5.72. The molecule has 0 bridgehead atoms. The molecule has 0 unspecified atom stereocenters. The fourth-order valence-electron chi connectivity index (χ4n) is 1.39. The number of alkyl halides is 2. The van der Waals surface area contributed by atoms with E-state index in [0.29, 0.717) is 11.3 Å². The molecule has 17 heavy (non-hydrogen) atoms. The summed E-state index contributed by atoms with van der Waals surface area (Å²) in [6, 6.07) is 1.25. The van der Waals surface area contributed by atoms with E-state index < -0.39 is 12.4 Å². The smallest absolute Gasteiger partial charge is 0.311 e. The molecule has 0 spiro atoms. The van der Waals surface area contributed by atoms with Gasteiger partial charge in [-0.1, -0.05) is 0 Å². The van der Waals surface area contributed by atoms with Gasteiger partial charge in [0, 0.05) is 0 Å². The van der Waals surface area contributed by atoms with Gasteiger partial charge in [-0.3, -0.25) is 4.79 Å². The Kier molecular flexibility index (Phi) is 4.37. The summed E-state index contributed by atoms with van der Waals surface area (Å²) >= 11 is 0. The van der Waals surface area contributed by atoms with Crippen LogP contribution in [0.15, 0.2) is 6.07 Å². The number of esters is 1. The van der Waals surface area contributed by atoms with Gasteiger partial charge in [0.1, 0.15) is 5.82 Å². The van der Waals surface area contributed by atoms with Crippen LogP contribution in [0.1, 0.15) is 30.2 Å².